The second-order valence-electron chi connectivity index (χ2n) is 5.37. The molecule has 0 aliphatic heterocycles. The molecule has 0 bridgehead atoms. The summed E-state index contributed by atoms with van der Waals surface area (Å²) in [6, 6.07) is 10.2. The van der Waals surface area contributed by atoms with Gasteiger partial charge in [-0.1, -0.05) is 30.3 Å². The number of rotatable bonds is 5. The smallest absolute Gasteiger partial charge is 0.0769 e. The standard InChI is InChI=1S/C15H23NO2.ClH/c16-12-15(17)8-6-14(7-9-15)11-18-10-13-4-2-1-3-5-13;/h1-5,14,17H,6-12,16H2;1H. The Labute approximate surface area is 121 Å². The first-order valence-electron chi connectivity index (χ1n) is 6.76. The average molecular weight is 286 g/mol. The monoisotopic (exact) mass is 285 g/mol. The van der Waals surface area contributed by atoms with Crippen molar-refractivity contribution in [3.8, 4) is 0 Å². The lowest BCUT2D eigenvalue weighted by Crippen LogP contribution is -2.41. The van der Waals surface area contributed by atoms with Crippen LogP contribution >= 0.6 is 12.4 Å². The molecule has 0 spiro atoms. The Bertz CT molecular complexity index is 350. The van der Waals surface area contributed by atoms with E-state index in [1.807, 2.05) is 18.2 Å². The molecule has 0 atom stereocenters. The van der Waals surface area contributed by atoms with Crippen LogP contribution in [0.1, 0.15) is 31.2 Å². The van der Waals surface area contributed by atoms with Crippen molar-refractivity contribution in [1.82, 2.24) is 0 Å². The van der Waals surface area contributed by atoms with Crippen molar-refractivity contribution in [2.75, 3.05) is 13.2 Å². The van der Waals surface area contributed by atoms with E-state index in [1.165, 1.54) is 5.56 Å². The lowest BCUT2D eigenvalue weighted by atomic mass is 9.79. The van der Waals surface area contributed by atoms with E-state index in [2.05, 4.69) is 12.1 Å². The van der Waals surface area contributed by atoms with E-state index in [4.69, 9.17) is 10.5 Å². The van der Waals surface area contributed by atoms with Gasteiger partial charge in [-0.15, -0.1) is 12.4 Å². The second kappa shape index (κ2) is 7.85. The Kier molecular flexibility index (Phi) is 6.80. The summed E-state index contributed by atoms with van der Waals surface area (Å²) in [5, 5.41) is 10.0. The Balaban J connectivity index is 0.00000180. The molecule has 108 valence electrons. The van der Waals surface area contributed by atoms with Crippen molar-refractivity contribution in [2.45, 2.75) is 37.9 Å². The molecule has 2 rings (SSSR count). The summed E-state index contributed by atoms with van der Waals surface area (Å²) < 4.78 is 5.75. The van der Waals surface area contributed by atoms with Gasteiger partial charge in [-0.3, -0.25) is 0 Å². The molecular weight excluding hydrogens is 262 g/mol. The Morgan fingerprint density at radius 1 is 1.21 bits per heavy atom. The summed E-state index contributed by atoms with van der Waals surface area (Å²) in [5.74, 6) is 0.570. The molecule has 0 radical (unpaired) electrons. The molecule has 19 heavy (non-hydrogen) atoms. The first-order valence-corrected chi connectivity index (χ1v) is 6.76. The Morgan fingerprint density at radius 2 is 1.84 bits per heavy atom. The molecule has 1 aromatic rings. The first-order chi connectivity index (χ1) is 8.72. The molecule has 1 saturated carbocycles. The Morgan fingerprint density at radius 3 is 2.42 bits per heavy atom. The van der Waals surface area contributed by atoms with E-state index in [9.17, 15) is 5.11 Å². The molecule has 3 nitrogen and oxygen atoms in total. The van der Waals surface area contributed by atoms with Crippen LogP contribution in [-0.4, -0.2) is 23.9 Å². The van der Waals surface area contributed by atoms with Gasteiger partial charge in [0.2, 0.25) is 0 Å². The summed E-state index contributed by atoms with van der Waals surface area (Å²) in [4.78, 5) is 0. The van der Waals surface area contributed by atoms with E-state index in [0.29, 0.717) is 19.1 Å². The SMILES string of the molecule is Cl.NCC1(O)CCC(COCc2ccccc2)CC1. The normalized spacial score (nSPS) is 26.7. The van der Waals surface area contributed by atoms with Crippen molar-refractivity contribution in [2.24, 2.45) is 11.7 Å². The molecule has 0 aromatic heterocycles. The molecule has 0 unspecified atom stereocenters. The van der Waals surface area contributed by atoms with Gasteiger partial charge >= 0.3 is 0 Å². The number of hydrogen-bond acceptors (Lipinski definition) is 3. The summed E-state index contributed by atoms with van der Waals surface area (Å²) in [5.41, 5.74) is 6.18. The number of hydrogen-bond donors (Lipinski definition) is 2. The van der Waals surface area contributed by atoms with Crippen molar-refractivity contribution in [1.29, 1.82) is 0 Å². The topological polar surface area (TPSA) is 55.5 Å². The van der Waals surface area contributed by atoms with E-state index < -0.39 is 5.60 Å². The van der Waals surface area contributed by atoms with Crippen LogP contribution in [0.15, 0.2) is 30.3 Å². The molecule has 1 aliphatic carbocycles. The zero-order valence-corrected chi connectivity index (χ0v) is 12.1. The summed E-state index contributed by atoms with van der Waals surface area (Å²) >= 11 is 0. The van der Waals surface area contributed by atoms with Crippen LogP contribution in [0.5, 0.6) is 0 Å². The van der Waals surface area contributed by atoms with E-state index in [1.54, 1.807) is 0 Å². The molecule has 4 heteroatoms. The number of aliphatic hydroxyl groups is 1. The minimum absolute atomic E-state index is 0. The van der Waals surface area contributed by atoms with Gasteiger partial charge in [0.1, 0.15) is 0 Å². The molecule has 1 fully saturated rings. The van der Waals surface area contributed by atoms with Gasteiger partial charge in [0.15, 0.2) is 0 Å². The third-order valence-electron chi connectivity index (χ3n) is 3.88. The molecular formula is C15H24ClNO2. The molecule has 0 saturated heterocycles. The predicted molar refractivity (Wildman–Crippen MR) is 79.3 cm³/mol. The molecule has 0 amide bonds. The number of halogens is 1. The van der Waals surface area contributed by atoms with Gasteiger partial charge in [-0.05, 0) is 37.2 Å². The highest BCUT2D eigenvalue weighted by Crippen LogP contribution is 2.31. The molecule has 3 N–H and O–H groups in total. The van der Waals surface area contributed by atoms with Crippen LogP contribution in [-0.2, 0) is 11.3 Å². The summed E-state index contributed by atoms with van der Waals surface area (Å²) in [6.07, 6.45) is 3.65. The lowest BCUT2D eigenvalue weighted by molar-refractivity contribution is -0.0191. The van der Waals surface area contributed by atoms with Crippen LogP contribution in [0.2, 0.25) is 0 Å². The fourth-order valence-electron chi connectivity index (χ4n) is 2.50. The molecule has 0 heterocycles. The van der Waals surface area contributed by atoms with E-state index in [0.717, 1.165) is 32.3 Å². The third kappa shape index (κ3) is 5.11. The zero-order valence-electron chi connectivity index (χ0n) is 11.3. The van der Waals surface area contributed by atoms with Crippen LogP contribution in [0.25, 0.3) is 0 Å². The van der Waals surface area contributed by atoms with E-state index >= 15 is 0 Å². The van der Waals surface area contributed by atoms with Crippen molar-refractivity contribution >= 4 is 12.4 Å². The van der Waals surface area contributed by atoms with Crippen LogP contribution < -0.4 is 5.73 Å². The van der Waals surface area contributed by atoms with Gasteiger partial charge in [-0.25, -0.2) is 0 Å². The highest BCUT2D eigenvalue weighted by Gasteiger charge is 2.31. The summed E-state index contributed by atoms with van der Waals surface area (Å²) in [7, 11) is 0. The van der Waals surface area contributed by atoms with Crippen LogP contribution in [0, 0.1) is 5.92 Å². The number of benzene rings is 1. The predicted octanol–water partition coefficient (Wildman–Crippen LogP) is 2.51. The minimum atomic E-state index is -0.615. The quantitative estimate of drug-likeness (QED) is 0.874. The minimum Gasteiger partial charge on any atom is -0.389 e. The fraction of sp³-hybridized carbons (Fsp3) is 0.600. The van der Waals surface area contributed by atoms with Gasteiger partial charge < -0.3 is 15.6 Å². The average Bonchev–Trinajstić information content (AvgIpc) is 2.42. The molecule has 1 aromatic carbocycles. The first kappa shape index (κ1) is 16.4. The zero-order chi connectivity index (χ0) is 12.8. The number of nitrogens with two attached hydrogens (primary N) is 1. The van der Waals surface area contributed by atoms with Gasteiger partial charge in [0, 0.05) is 13.2 Å². The highest BCUT2D eigenvalue weighted by atomic mass is 35.5. The molecule has 1 aliphatic rings. The highest BCUT2D eigenvalue weighted by molar-refractivity contribution is 5.85. The van der Waals surface area contributed by atoms with Gasteiger partial charge in [-0.2, -0.15) is 0 Å². The van der Waals surface area contributed by atoms with E-state index in [-0.39, 0.29) is 12.4 Å². The van der Waals surface area contributed by atoms with Crippen LogP contribution in [0.3, 0.4) is 0 Å². The maximum absolute atomic E-state index is 10.0. The fourth-order valence-corrected chi connectivity index (χ4v) is 2.50. The van der Waals surface area contributed by atoms with Crippen molar-refractivity contribution in [3.63, 3.8) is 0 Å². The largest absolute Gasteiger partial charge is 0.389 e. The van der Waals surface area contributed by atoms with Gasteiger partial charge in [0.05, 0.1) is 12.2 Å². The maximum atomic E-state index is 10.0. The second-order valence-corrected chi connectivity index (χ2v) is 5.37. The van der Waals surface area contributed by atoms with Gasteiger partial charge in [0.25, 0.3) is 0 Å². The van der Waals surface area contributed by atoms with Crippen molar-refractivity contribution < 1.29 is 9.84 Å². The van der Waals surface area contributed by atoms with Crippen molar-refractivity contribution in [3.05, 3.63) is 35.9 Å². The summed E-state index contributed by atoms with van der Waals surface area (Å²) in [6.45, 7) is 1.85. The third-order valence-corrected chi connectivity index (χ3v) is 3.88. The van der Waals surface area contributed by atoms with Crippen LogP contribution in [0.4, 0.5) is 0 Å². The lowest BCUT2D eigenvalue weighted by Gasteiger charge is -2.34. The Hall–Kier alpha value is -0.610. The maximum Gasteiger partial charge on any atom is 0.0769 e. The number of ether oxygens (including phenoxy) is 1.